The van der Waals surface area contributed by atoms with Crippen molar-refractivity contribution in [2.24, 2.45) is 0 Å². The van der Waals surface area contributed by atoms with Crippen molar-refractivity contribution in [1.29, 1.82) is 5.41 Å². The minimum atomic E-state index is -1.23. The molecule has 0 spiro atoms. The Bertz CT molecular complexity index is 1410. The Balaban J connectivity index is 0.000000326. The van der Waals surface area contributed by atoms with Crippen LogP contribution in [0.3, 0.4) is 0 Å². The molecule has 14 heteroatoms. The quantitative estimate of drug-likeness (QED) is 0.240. The number of benzene rings is 2. The Kier molecular flexibility index (Phi) is 10.1. The number of H-pyrrole nitrogens is 1. The topological polar surface area (TPSA) is 203 Å². The van der Waals surface area contributed by atoms with Crippen LogP contribution < -0.4 is 10.2 Å². The lowest BCUT2D eigenvalue weighted by molar-refractivity contribution is -0.146. The number of anilines is 2. The van der Waals surface area contributed by atoms with Crippen molar-refractivity contribution in [2.45, 2.75) is 32.0 Å². The Morgan fingerprint density at radius 2 is 1.63 bits per heavy atom. The second kappa shape index (κ2) is 13.3. The fraction of sp³-hybridized carbons (Fsp3) is 0.370. The number of piperazine rings is 1. The average molecular weight is 573 g/mol. The number of carboxylic acid groups (broad SMARTS) is 2. The largest absolute Gasteiger partial charge is 0.479 e. The number of aliphatic hydroxyl groups is 2. The molecule has 1 fully saturated rings. The van der Waals surface area contributed by atoms with Gasteiger partial charge in [0.05, 0.1) is 28.0 Å². The first-order valence-corrected chi connectivity index (χ1v) is 12.7. The third-order valence-corrected chi connectivity index (χ3v) is 6.43. The van der Waals surface area contributed by atoms with Gasteiger partial charge in [-0.2, -0.15) is 0 Å². The molecule has 0 saturated carbocycles. The first kappa shape index (κ1) is 31.1. The molecule has 3 atom stereocenters. The van der Waals surface area contributed by atoms with Crippen LogP contribution in [0, 0.1) is 11.2 Å². The molecule has 41 heavy (non-hydrogen) atoms. The number of hydrogen-bond donors (Lipinski definition) is 7. The van der Waals surface area contributed by atoms with Crippen LogP contribution in [0.25, 0.3) is 11.0 Å². The predicted octanol–water partition coefficient (Wildman–Crippen LogP) is 1.46. The zero-order valence-electron chi connectivity index (χ0n) is 22.8. The zero-order chi connectivity index (χ0) is 30.4. The second-order valence-corrected chi connectivity index (χ2v) is 9.64. The number of nitrogens with zero attached hydrogens (tertiary/aromatic N) is 3. The summed E-state index contributed by atoms with van der Waals surface area (Å²) in [6, 6.07) is 10.4. The van der Waals surface area contributed by atoms with E-state index in [0.717, 1.165) is 42.9 Å². The summed E-state index contributed by atoms with van der Waals surface area (Å²) in [5.74, 6) is -3.90. The van der Waals surface area contributed by atoms with E-state index in [0.29, 0.717) is 11.5 Å². The summed E-state index contributed by atoms with van der Waals surface area (Å²) in [6.45, 7) is 6.32. The number of carbonyl (C=O) groups excluding carboxylic acids is 1. The van der Waals surface area contributed by atoms with Gasteiger partial charge in [-0.25, -0.2) is 19.0 Å². The van der Waals surface area contributed by atoms with Gasteiger partial charge in [0.25, 0.3) is 0 Å². The fourth-order valence-electron chi connectivity index (χ4n) is 4.06. The summed E-state index contributed by atoms with van der Waals surface area (Å²) in [4.78, 5) is 43.9. The van der Waals surface area contributed by atoms with E-state index in [9.17, 15) is 18.8 Å². The van der Waals surface area contributed by atoms with Crippen molar-refractivity contribution in [3.05, 3.63) is 53.6 Å². The smallest absolute Gasteiger partial charge is 0.332 e. The second-order valence-electron chi connectivity index (χ2n) is 9.64. The number of rotatable bonds is 4. The van der Waals surface area contributed by atoms with Gasteiger partial charge in [-0.3, -0.25) is 4.79 Å². The molecular weight excluding hydrogens is 539 g/mol. The number of aliphatic carboxylic acids is 2. The SMILES string of the molecule is CC(O)C(=O)O.CC(O)C(=O)O.CN1CCN(c2ccc3nc(C4C(=N)c5c(F)cccc5NC4=O)[nH]c3c2)CC1. The lowest BCUT2D eigenvalue weighted by Crippen LogP contribution is -2.44. The number of carbonyl (C=O) groups is 3. The molecule has 3 aromatic rings. The van der Waals surface area contributed by atoms with E-state index in [4.69, 9.17) is 25.8 Å². The number of aromatic nitrogens is 2. The molecule has 0 bridgehead atoms. The molecule has 2 aliphatic rings. The van der Waals surface area contributed by atoms with Gasteiger partial charge < -0.3 is 45.9 Å². The highest BCUT2D eigenvalue weighted by Gasteiger charge is 2.36. The summed E-state index contributed by atoms with van der Waals surface area (Å²) < 4.78 is 14.3. The molecule has 3 unspecified atom stereocenters. The van der Waals surface area contributed by atoms with Gasteiger partial charge in [-0.15, -0.1) is 0 Å². The molecular formula is C27H33FN6O7. The van der Waals surface area contributed by atoms with Crippen LogP contribution in [0.5, 0.6) is 0 Å². The molecule has 0 aliphatic carbocycles. The van der Waals surface area contributed by atoms with Gasteiger partial charge >= 0.3 is 11.9 Å². The van der Waals surface area contributed by atoms with Crippen molar-refractivity contribution in [3.8, 4) is 0 Å². The van der Waals surface area contributed by atoms with Crippen LogP contribution in [-0.4, -0.2) is 104 Å². The molecule has 1 aromatic heterocycles. The highest BCUT2D eigenvalue weighted by Crippen LogP contribution is 2.33. The Morgan fingerprint density at radius 3 is 2.20 bits per heavy atom. The third kappa shape index (κ3) is 7.63. The predicted molar refractivity (Wildman–Crippen MR) is 149 cm³/mol. The number of amides is 1. The molecule has 2 aliphatic heterocycles. The highest BCUT2D eigenvalue weighted by molar-refractivity contribution is 6.25. The van der Waals surface area contributed by atoms with Crippen LogP contribution >= 0.6 is 0 Å². The molecule has 13 nitrogen and oxygen atoms in total. The molecule has 2 aromatic carbocycles. The number of halogens is 1. The molecule has 220 valence electrons. The zero-order valence-corrected chi connectivity index (χ0v) is 22.8. The van der Waals surface area contributed by atoms with Gasteiger partial charge in [0.1, 0.15) is 29.8 Å². The van der Waals surface area contributed by atoms with Gasteiger partial charge in [0, 0.05) is 31.9 Å². The van der Waals surface area contributed by atoms with E-state index < -0.39 is 35.9 Å². The van der Waals surface area contributed by atoms with E-state index >= 15 is 0 Å². The number of carboxylic acids is 2. The Hall–Kier alpha value is -4.40. The lowest BCUT2D eigenvalue weighted by atomic mass is 9.90. The van der Waals surface area contributed by atoms with Crippen LogP contribution in [-0.2, 0) is 14.4 Å². The number of aliphatic hydroxyl groups excluding tert-OH is 2. The van der Waals surface area contributed by atoms with Crippen molar-refractivity contribution in [2.75, 3.05) is 43.4 Å². The number of hydrogen-bond acceptors (Lipinski definition) is 9. The van der Waals surface area contributed by atoms with Crippen molar-refractivity contribution >= 4 is 46.0 Å². The van der Waals surface area contributed by atoms with Crippen LogP contribution in [0.4, 0.5) is 15.8 Å². The van der Waals surface area contributed by atoms with Gasteiger partial charge in [-0.1, -0.05) is 6.07 Å². The van der Waals surface area contributed by atoms with E-state index in [1.54, 1.807) is 6.07 Å². The first-order valence-electron chi connectivity index (χ1n) is 12.7. The van der Waals surface area contributed by atoms with E-state index in [1.165, 1.54) is 26.0 Å². The Labute approximate surface area is 234 Å². The monoisotopic (exact) mass is 572 g/mol. The molecule has 0 radical (unpaired) electrons. The molecule has 1 saturated heterocycles. The summed E-state index contributed by atoms with van der Waals surface area (Å²) in [5.41, 5.74) is 2.98. The number of aromatic amines is 1. The first-order chi connectivity index (χ1) is 19.3. The summed E-state index contributed by atoms with van der Waals surface area (Å²) in [6.07, 6.45) is -2.46. The maximum atomic E-state index is 14.3. The summed E-state index contributed by atoms with van der Waals surface area (Å²) in [7, 11) is 2.12. The fourth-order valence-corrected chi connectivity index (χ4v) is 4.06. The minimum absolute atomic E-state index is 0.0832. The maximum absolute atomic E-state index is 14.3. The van der Waals surface area contributed by atoms with Gasteiger partial charge in [-0.05, 0) is 51.2 Å². The van der Waals surface area contributed by atoms with E-state index in [2.05, 4.69) is 32.1 Å². The number of fused-ring (bicyclic) bond motifs is 2. The minimum Gasteiger partial charge on any atom is -0.479 e. The summed E-state index contributed by atoms with van der Waals surface area (Å²) in [5, 5.41) is 42.7. The van der Waals surface area contributed by atoms with Gasteiger partial charge in [0.2, 0.25) is 5.91 Å². The number of imidazole rings is 1. The highest BCUT2D eigenvalue weighted by atomic mass is 19.1. The molecule has 7 N–H and O–H groups in total. The third-order valence-electron chi connectivity index (χ3n) is 6.43. The van der Waals surface area contributed by atoms with Gasteiger partial charge in [0.15, 0.2) is 0 Å². The Morgan fingerprint density at radius 1 is 1.05 bits per heavy atom. The molecule has 3 heterocycles. The van der Waals surface area contributed by atoms with Crippen molar-refractivity contribution in [1.82, 2.24) is 14.9 Å². The number of nitrogens with one attached hydrogen (secondary N) is 3. The normalized spacial score (nSPS) is 18.2. The average Bonchev–Trinajstić information content (AvgIpc) is 3.32. The van der Waals surface area contributed by atoms with E-state index in [-0.39, 0.29) is 17.2 Å². The summed E-state index contributed by atoms with van der Waals surface area (Å²) >= 11 is 0. The standard InChI is InChI=1S/C21H21FN6O.2C3H6O3/c1-27-7-9-28(10-8-27)12-5-6-14-16(11-12)25-20(24-14)18-19(23)17-13(22)3-2-4-15(17)26-21(18)29;2*1-2(4)3(5)6/h2-6,11,18,23H,7-10H2,1H3,(H,24,25)(H,26,29);2*2,4H,1H3,(H,5,6). The molecule has 1 amide bonds. The maximum Gasteiger partial charge on any atom is 0.332 e. The van der Waals surface area contributed by atoms with E-state index in [1.807, 2.05) is 18.2 Å². The lowest BCUT2D eigenvalue weighted by Gasteiger charge is -2.34. The van der Waals surface area contributed by atoms with Crippen LogP contribution in [0.15, 0.2) is 36.4 Å². The van der Waals surface area contributed by atoms with Crippen molar-refractivity contribution in [3.63, 3.8) is 0 Å². The van der Waals surface area contributed by atoms with Crippen LogP contribution in [0.2, 0.25) is 0 Å². The van der Waals surface area contributed by atoms with Crippen LogP contribution in [0.1, 0.15) is 31.2 Å². The number of likely N-dealkylation sites (N-methyl/N-ethyl adjacent to an activating group) is 1. The van der Waals surface area contributed by atoms with Crippen molar-refractivity contribution < 1.29 is 39.2 Å². The molecule has 5 rings (SSSR count).